The zero-order chi connectivity index (χ0) is 12.7. The highest BCUT2D eigenvalue weighted by atomic mass is 16.5. The second kappa shape index (κ2) is 7.52. The maximum absolute atomic E-state index is 11.6. The van der Waals surface area contributed by atoms with E-state index in [9.17, 15) is 4.79 Å². The Kier molecular flexibility index (Phi) is 6.31. The minimum atomic E-state index is -0.0428. The fourth-order valence-corrected chi connectivity index (χ4v) is 1.97. The van der Waals surface area contributed by atoms with Crippen molar-refractivity contribution in [3.63, 3.8) is 0 Å². The van der Waals surface area contributed by atoms with Crippen LogP contribution in [0.5, 0.6) is 0 Å². The first kappa shape index (κ1) is 14.3. The molecule has 0 saturated carbocycles. The molecule has 0 spiro atoms. The highest BCUT2D eigenvalue weighted by Crippen LogP contribution is 2.18. The van der Waals surface area contributed by atoms with Crippen LogP contribution in [-0.4, -0.2) is 12.1 Å². The van der Waals surface area contributed by atoms with Crippen molar-refractivity contribution in [2.24, 2.45) is 11.8 Å². The molecule has 1 aliphatic heterocycles. The summed E-state index contributed by atoms with van der Waals surface area (Å²) < 4.78 is 5.51. The molecule has 2 atom stereocenters. The normalized spacial score (nSPS) is 30.2. The van der Waals surface area contributed by atoms with E-state index in [2.05, 4.69) is 39.3 Å². The van der Waals surface area contributed by atoms with E-state index >= 15 is 0 Å². The van der Waals surface area contributed by atoms with Gasteiger partial charge in [0.1, 0.15) is 6.10 Å². The fraction of sp³-hybridized carbons (Fsp3) is 0.733. The van der Waals surface area contributed by atoms with Gasteiger partial charge in [-0.25, -0.2) is 0 Å². The SMILES string of the molecule is CC(C)[C@H]1C/C=C/C[C@@H](C)[CH]CCCC(=O)O1. The lowest BCUT2D eigenvalue weighted by Gasteiger charge is -2.20. The number of esters is 1. The number of rotatable bonds is 1. The van der Waals surface area contributed by atoms with Crippen LogP contribution in [0.1, 0.15) is 52.9 Å². The van der Waals surface area contributed by atoms with Gasteiger partial charge in [0.15, 0.2) is 0 Å². The van der Waals surface area contributed by atoms with Gasteiger partial charge in [-0.05, 0) is 37.5 Å². The van der Waals surface area contributed by atoms with Crippen molar-refractivity contribution in [2.75, 3.05) is 0 Å². The number of allylic oxidation sites excluding steroid dienone is 1. The van der Waals surface area contributed by atoms with Crippen molar-refractivity contribution in [3.8, 4) is 0 Å². The van der Waals surface area contributed by atoms with Crippen molar-refractivity contribution < 1.29 is 9.53 Å². The molecule has 0 aromatic rings. The monoisotopic (exact) mass is 237 g/mol. The van der Waals surface area contributed by atoms with Gasteiger partial charge in [-0.3, -0.25) is 4.79 Å². The van der Waals surface area contributed by atoms with E-state index < -0.39 is 0 Å². The zero-order valence-electron chi connectivity index (χ0n) is 11.3. The first-order valence-corrected chi connectivity index (χ1v) is 6.77. The van der Waals surface area contributed by atoms with Gasteiger partial charge >= 0.3 is 5.97 Å². The minimum absolute atomic E-state index is 0.0393. The molecule has 97 valence electrons. The first-order valence-electron chi connectivity index (χ1n) is 6.77. The van der Waals surface area contributed by atoms with E-state index in [1.165, 1.54) is 0 Å². The Morgan fingerprint density at radius 3 is 2.71 bits per heavy atom. The van der Waals surface area contributed by atoms with E-state index in [1.807, 2.05) is 0 Å². The Morgan fingerprint density at radius 1 is 1.29 bits per heavy atom. The van der Waals surface area contributed by atoms with Gasteiger partial charge < -0.3 is 4.74 Å². The summed E-state index contributed by atoms with van der Waals surface area (Å²) in [5.41, 5.74) is 0. The molecule has 1 radical (unpaired) electrons. The highest BCUT2D eigenvalue weighted by Gasteiger charge is 2.17. The van der Waals surface area contributed by atoms with Crippen molar-refractivity contribution in [1.82, 2.24) is 0 Å². The molecule has 0 bridgehead atoms. The number of ether oxygens (including phenoxy) is 1. The van der Waals surface area contributed by atoms with Gasteiger partial charge in [-0.2, -0.15) is 0 Å². The van der Waals surface area contributed by atoms with E-state index in [0.29, 0.717) is 18.3 Å². The van der Waals surface area contributed by atoms with E-state index in [-0.39, 0.29) is 12.1 Å². The van der Waals surface area contributed by atoms with Crippen molar-refractivity contribution in [3.05, 3.63) is 18.6 Å². The predicted molar refractivity (Wildman–Crippen MR) is 70.4 cm³/mol. The summed E-state index contributed by atoms with van der Waals surface area (Å²) in [6.07, 6.45) is 11.1. The summed E-state index contributed by atoms with van der Waals surface area (Å²) in [6.45, 7) is 6.44. The summed E-state index contributed by atoms with van der Waals surface area (Å²) in [7, 11) is 0. The van der Waals surface area contributed by atoms with Crippen LogP contribution in [-0.2, 0) is 9.53 Å². The number of cyclic esters (lactones) is 1. The molecule has 1 heterocycles. The van der Waals surface area contributed by atoms with Crippen LogP contribution in [0.25, 0.3) is 0 Å². The Bertz CT molecular complexity index is 256. The Labute approximate surface area is 105 Å². The molecule has 2 heteroatoms. The van der Waals surface area contributed by atoms with Crippen molar-refractivity contribution in [2.45, 2.75) is 59.0 Å². The van der Waals surface area contributed by atoms with Crippen molar-refractivity contribution >= 4 is 5.97 Å². The van der Waals surface area contributed by atoms with Gasteiger partial charge in [0, 0.05) is 12.8 Å². The summed E-state index contributed by atoms with van der Waals surface area (Å²) >= 11 is 0. The maximum Gasteiger partial charge on any atom is 0.306 e. The largest absolute Gasteiger partial charge is 0.462 e. The summed E-state index contributed by atoms with van der Waals surface area (Å²) in [6, 6.07) is 0. The molecule has 0 unspecified atom stereocenters. The summed E-state index contributed by atoms with van der Waals surface area (Å²) in [5, 5.41) is 0. The van der Waals surface area contributed by atoms with Crippen LogP contribution < -0.4 is 0 Å². The third-order valence-electron chi connectivity index (χ3n) is 3.22. The molecular formula is C15H25O2. The molecule has 0 aromatic heterocycles. The van der Waals surface area contributed by atoms with E-state index in [4.69, 9.17) is 4.74 Å². The molecule has 2 nitrogen and oxygen atoms in total. The van der Waals surface area contributed by atoms with Crippen LogP contribution in [0.3, 0.4) is 0 Å². The Morgan fingerprint density at radius 2 is 2.00 bits per heavy atom. The van der Waals surface area contributed by atoms with Crippen LogP contribution in [0.2, 0.25) is 0 Å². The molecule has 17 heavy (non-hydrogen) atoms. The Balaban J connectivity index is 2.57. The molecular weight excluding hydrogens is 212 g/mol. The van der Waals surface area contributed by atoms with E-state index in [1.54, 1.807) is 0 Å². The third-order valence-corrected chi connectivity index (χ3v) is 3.22. The average Bonchev–Trinajstić information content (AvgIpc) is 2.26. The molecule has 0 aromatic carbocycles. The quantitative estimate of drug-likeness (QED) is 0.510. The standard InChI is InChI=1S/C15H25O2/c1-12(2)14-10-6-4-8-13(3)9-5-7-11-15(16)17-14/h4,6,9,12-14H,5,7-8,10-11H2,1-3H3/b6-4+/t13-,14-/m1/s1. The number of hydrogen-bond acceptors (Lipinski definition) is 2. The molecule has 0 saturated heterocycles. The predicted octanol–water partition coefficient (Wildman–Crippen LogP) is 3.91. The number of hydrogen-bond donors (Lipinski definition) is 0. The molecule has 0 N–H and O–H groups in total. The maximum atomic E-state index is 11.6. The van der Waals surface area contributed by atoms with Gasteiger partial charge in [-0.15, -0.1) is 0 Å². The number of carbonyl (C=O) groups is 1. The first-order chi connectivity index (χ1) is 8.09. The van der Waals surface area contributed by atoms with Crippen molar-refractivity contribution in [1.29, 1.82) is 0 Å². The lowest BCUT2D eigenvalue weighted by atomic mass is 9.98. The highest BCUT2D eigenvalue weighted by molar-refractivity contribution is 5.69. The Hall–Kier alpha value is -0.790. The van der Waals surface area contributed by atoms with Gasteiger partial charge in [0.05, 0.1) is 0 Å². The second-order valence-electron chi connectivity index (χ2n) is 5.32. The lowest BCUT2D eigenvalue weighted by molar-refractivity contribution is -0.151. The minimum Gasteiger partial charge on any atom is -0.462 e. The number of carbonyl (C=O) groups excluding carboxylic acids is 1. The molecule has 1 rings (SSSR count). The third kappa shape index (κ3) is 5.90. The van der Waals surface area contributed by atoms with Gasteiger partial charge in [0.25, 0.3) is 0 Å². The van der Waals surface area contributed by atoms with Crippen LogP contribution in [0, 0.1) is 18.3 Å². The summed E-state index contributed by atoms with van der Waals surface area (Å²) in [4.78, 5) is 11.6. The molecule has 1 aliphatic rings. The fourth-order valence-electron chi connectivity index (χ4n) is 1.97. The lowest BCUT2D eigenvalue weighted by Crippen LogP contribution is -2.23. The van der Waals surface area contributed by atoms with Crippen LogP contribution in [0.15, 0.2) is 12.2 Å². The molecule has 0 amide bonds. The van der Waals surface area contributed by atoms with Gasteiger partial charge in [-0.1, -0.05) is 32.9 Å². The average molecular weight is 237 g/mol. The van der Waals surface area contributed by atoms with Crippen LogP contribution >= 0.6 is 0 Å². The molecule has 0 aliphatic carbocycles. The van der Waals surface area contributed by atoms with Crippen LogP contribution in [0.4, 0.5) is 0 Å². The smallest absolute Gasteiger partial charge is 0.306 e. The van der Waals surface area contributed by atoms with Gasteiger partial charge in [0.2, 0.25) is 0 Å². The summed E-state index contributed by atoms with van der Waals surface area (Å²) in [5.74, 6) is 0.952. The van der Waals surface area contributed by atoms with E-state index in [0.717, 1.165) is 25.7 Å². The topological polar surface area (TPSA) is 26.3 Å². The second-order valence-corrected chi connectivity index (χ2v) is 5.32. The zero-order valence-corrected chi connectivity index (χ0v) is 11.3. The molecule has 0 fully saturated rings.